The van der Waals surface area contributed by atoms with Crippen LogP contribution in [0.4, 0.5) is 0 Å². The monoisotopic (exact) mass is 300 g/mol. The Morgan fingerprint density at radius 2 is 2.00 bits per heavy atom. The highest BCUT2D eigenvalue weighted by atomic mass is 35.5. The van der Waals surface area contributed by atoms with Crippen molar-refractivity contribution < 1.29 is 4.79 Å². The molecule has 1 aromatic heterocycles. The van der Waals surface area contributed by atoms with E-state index in [9.17, 15) is 4.79 Å². The fraction of sp³-hybridized carbons (Fsp3) is 0.294. The lowest BCUT2D eigenvalue weighted by Crippen LogP contribution is -2.34. The van der Waals surface area contributed by atoms with Crippen LogP contribution in [0.2, 0.25) is 5.02 Å². The Morgan fingerprint density at radius 3 is 2.67 bits per heavy atom. The van der Waals surface area contributed by atoms with Crippen molar-refractivity contribution >= 4 is 17.5 Å². The molecule has 1 aliphatic carbocycles. The Labute approximate surface area is 129 Å². The molecule has 3 nitrogen and oxygen atoms in total. The molecule has 1 amide bonds. The Kier molecular flexibility index (Phi) is 3.93. The largest absolute Gasteiger partial charge is 0.347 e. The number of hydrogen-bond acceptors (Lipinski definition) is 2. The summed E-state index contributed by atoms with van der Waals surface area (Å²) in [4.78, 5) is 16.1. The predicted octanol–water partition coefficient (Wildman–Crippen LogP) is 3.47. The van der Waals surface area contributed by atoms with Gasteiger partial charge in [0, 0.05) is 23.8 Å². The molecular formula is C17H17ClN2O. The van der Waals surface area contributed by atoms with Crippen LogP contribution in [-0.2, 0) is 16.8 Å². The summed E-state index contributed by atoms with van der Waals surface area (Å²) in [6, 6.07) is 11.6. The van der Waals surface area contributed by atoms with E-state index >= 15 is 0 Å². The topological polar surface area (TPSA) is 42.0 Å². The number of benzene rings is 1. The third-order valence-electron chi connectivity index (χ3n) is 3.90. The molecule has 0 spiro atoms. The highest BCUT2D eigenvalue weighted by Gasteiger charge is 2.45. The van der Waals surface area contributed by atoms with Gasteiger partial charge >= 0.3 is 0 Å². The summed E-state index contributed by atoms with van der Waals surface area (Å²) in [7, 11) is 0. The smallest absolute Gasteiger partial charge is 0.221 e. The van der Waals surface area contributed by atoms with Gasteiger partial charge in [-0.1, -0.05) is 23.7 Å². The molecule has 0 atom stereocenters. The lowest BCUT2D eigenvalue weighted by atomic mass is 10.0. The van der Waals surface area contributed by atoms with Crippen molar-refractivity contribution in [3.05, 3.63) is 64.9 Å². The van der Waals surface area contributed by atoms with Crippen molar-refractivity contribution in [3.8, 4) is 0 Å². The minimum Gasteiger partial charge on any atom is -0.347 e. The van der Waals surface area contributed by atoms with Crippen molar-refractivity contribution in [1.29, 1.82) is 0 Å². The molecule has 21 heavy (non-hydrogen) atoms. The maximum Gasteiger partial charge on any atom is 0.221 e. The molecule has 0 unspecified atom stereocenters. The second-order valence-electron chi connectivity index (χ2n) is 5.50. The molecule has 4 heteroatoms. The van der Waals surface area contributed by atoms with Gasteiger partial charge in [0.1, 0.15) is 0 Å². The SMILES string of the molecule is O=C(CCc1ccncc1)NC1(c2cccc(Cl)c2)CC1. The van der Waals surface area contributed by atoms with Crippen molar-refractivity contribution in [2.45, 2.75) is 31.2 Å². The molecule has 0 aliphatic heterocycles. The van der Waals surface area contributed by atoms with Crippen LogP contribution < -0.4 is 5.32 Å². The minimum atomic E-state index is -0.194. The van der Waals surface area contributed by atoms with Crippen LogP contribution in [0, 0.1) is 0 Å². The van der Waals surface area contributed by atoms with Crippen LogP contribution in [0.5, 0.6) is 0 Å². The van der Waals surface area contributed by atoms with Crippen LogP contribution >= 0.6 is 11.6 Å². The summed E-state index contributed by atoms with van der Waals surface area (Å²) in [6.45, 7) is 0. The number of aromatic nitrogens is 1. The van der Waals surface area contributed by atoms with Gasteiger partial charge in [-0.15, -0.1) is 0 Å². The zero-order chi connectivity index (χ0) is 14.7. The molecule has 1 fully saturated rings. The van der Waals surface area contributed by atoms with Gasteiger partial charge in [-0.3, -0.25) is 9.78 Å². The van der Waals surface area contributed by atoms with Gasteiger partial charge in [0.05, 0.1) is 5.54 Å². The molecule has 1 aromatic carbocycles. The van der Waals surface area contributed by atoms with Crippen molar-refractivity contribution in [3.63, 3.8) is 0 Å². The van der Waals surface area contributed by atoms with E-state index in [0.29, 0.717) is 11.4 Å². The molecular weight excluding hydrogens is 284 g/mol. The van der Waals surface area contributed by atoms with E-state index < -0.39 is 0 Å². The van der Waals surface area contributed by atoms with Gasteiger partial charge in [0.2, 0.25) is 5.91 Å². The highest BCUT2D eigenvalue weighted by Crippen LogP contribution is 2.46. The number of nitrogens with one attached hydrogen (secondary N) is 1. The van der Waals surface area contributed by atoms with Gasteiger partial charge in [-0.25, -0.2) is 0 Å². The maximum atomic E-state index is 12.2. The summed E-state index contributed by atoms with van der Waals surface area (Å²) in [5, 5.41) is 3.88. The third kappa shape index (κ3) is 3.42. The summed E-state index contributed by atoms with van der Waals surface area (Å²) in [5.74, 6) is 0.0873. The number of carbonyl (C=O) groups is 1. The third-order valence-corrected chi connectivity index (χ3v) is 4.13. The Morgan fingerprint density at radius 1 is 1.24 bits per heavy atom. The Bertz CT molecular complexity index is 638. The zero-order valence-electron chi connectivity index (χ0n) is 11.7. The lowest BCUT2D eigenvalue weighted by molar-refractivity contribution is -0.122. The van der Waals surface area contributed by atoms with Crippen LogP contribution in [0.3, 0.4) is 0 Å². The molecule has 108 valence electrons. The first-order chi connectivity index (χ1) is 10.2. The van der Waals surface area contributed by atoms with Gasteiger partial charge in [-0.05, 0) is 54.7 Å². The number of hydrogen-bond donors (Lipinski definition) is 1. The van der Waals surface area contributed by atoms with Gasteiger partial charge in [0.15, 0.2) is 0 Å². The summed E-state index contributed by atoms with van der Waals surface area (Å²) >= 11 is 6.04. The number of pyridine rings is 1. The second kappa shape index (κ2) is 5.86. The molecule has 0 radical (unpaired) electrons. The van der Waals surface area contributed by atoms with E-state index in [2.05, 4.69) is 10.3 Å². The van der Waals surface area contributed by atoms with E-state index in [0.717, 1.165) is 30.4 Å². The first-order valence-electron chi connectivity index (χ1n) is 7.14. The van der Waals surface area contributed by atoms with Crippen LogP contribution in [0.15, 0.2) is 48.8 Å². The Balaban J connectivity index is 1.60. The highest BCUT2D eigenvalue weighted by molar-refractivity contribution is 6.30. The van der Waals surface area contributed by atoms with Gasteiger partial charge < -0.3 is 5.32 Å². The first-order valence-corrected chi connectivity index (χ1v) is 7.52. The zero-order valence-corrected chi connectivity index (χ0v) is 12.4. The van der Waals surface area contributed by atoms with E-state index in [4.69, 9.17) is 11.6 Å². The summed E-state index contributed by atoms with van der Waals surface area (Å²) < 4.78 is 0. The van der Waals surface area contributed by atoms with Gasteiger partial charge in [-0.2, -0.15) is 0 Å². The maximum absolute atomic E-state index is 12.2. The number of rotatable bonds is 5. The standard InChI is InChI=1S/C17H17ClN2O/c18-15-3-1-2-14(12-15)17(8-9-17)20-16(21)5-4-13-6-10-19-11-7-13/h1-3,6-7,10-12H,4-5,8-9H2,(H,20,21). The fourth-order valence-electron chi connectivity index (χ4n) is 2.53. The normalized spacial score (nSPS) is 15.5. The fourth-order valence-corrected chi connectivity index (χ4v) is 2.72. The van der Waals surface area contributed by atoms with E-state index in [-0.39, 0.29) is 11.4 Å². The molecule has 1 heterocycles. The number of aryl methyl sites for hydroxylation is 1. The van der Waals surface area contributed by atoms with Crippen LogP contribution in [-0.4, -0.2) is 10.9 Å². The average Bonchev–Trinajstić information content (AvgIpc) is 3.27. The van der Waals surface area contributed by atoms with Crippen LogP contribution in [0.1, 0.15) is 30.4 Å². The Hall–Kier alpha value is -1.87. The summed E-state index contributed by atoms with van der Waals surface area (Å²) in [6.07, 6.45) is 6.69. The molecule has 1 aliphatic rings. The number of nitrogens with zero attached hydrogens (tertiary/aromatic N) is 1. The molecule has 1 N–H and O–H groups in total. The van der Waals surface area contributed by atoms with Gasteiger partial charge in [0.25, 0.3) is 0 Å². The van der Waals surface area contributed by atoms with Crippen LogP contribution in [0.25, 0.3) is 0 Å². The quantitative estimate of drug-likeness (QED) is 0.918. The lowest BCUT2D eigenvalue weighted by Gasteiger charge is -2.18. The molecule has 2 aromatic rings. The summed E-state index contributed by atoms with van der Waals surface area (Å²) in [5.41, 5.74) is 2.04. The van der Waals surface area contributed by atoms with Crippen molar-refractivity contribution in [1.82, 2.24) is 10.3 Å². The molecule has 1 saturated carbocycles. The minimum absolute atomic E-state index is 0.0873. The van der Waals surface area contributed by atoms with Crippen molar-refractivity contribution in [2.75, 3.05) is 0 Å². The number of halogens is 1. The second-order valence-corrected chi connectivity index (χ2v) is 5.93. The molecule has 0 saturated heterocycles. The van der Waals surface area contributed by atoms with E-state index in [1.165, 1.54) is 0 Å². The van der Waals surface area contributed by atoms with E-state index in [1.807, 2.05) is 36.4 Å². The first kappa shape index (κ1) is 14.1. The van der Waals surface area contributed by atoms with E-state index in [1.54, 1.807) is 12.4 Å². The molecule has 3 rings (SSSR count). The average molecular weight is 301 g/mol. The molecule has 0 bridgehead atoms. The number of carbonyl (C=O) groups excluding carboxylic acids is 1. The van der Waals surface area contributed by atoms with Crippen molar-refractivity contribution in [2.24, 2.45) is 0 Å². The number of amides is 1. The predicted molar refractivity (Wildman–Crippen MR) is 83.1 cm³/mol.